The van der Waals surface area contributed by atoms with Crippen LogP contribution in [0.4, 0.5) is 0 Å². The molecule has 3 nitrogen and oxygen atoms in total. The van der Waals surface area contributed by atoms with Crippen LogP contribution in [0.25, 0.3) is 0 Å². The van der Waals surface area contributed by atoms with E-state index in [4.69, 9.17) is 0 Å². The molecule has 0 heterocycles. The highest BCUT2D eigenvalue weighted by Crippen LogP contribution is 2.17. The quantitative estimate of drug-likeness (QED) is 0.258. The van der Waals surface area contributed by atoms with Crippen LogP contribution in [0.3, 0.4) is 0 Å². The molecule has 0 rings (SSSR count). The van der Waals surface area contributed by atoms with Gasteiger partial charge in [0.2, 0.25) is 0 Å². The summed E-state index contributed by atoms with van der Waals surface area (Å²) in [4.78, 5) is 0. The summed E-state index contributed by atoms with van der Waals surface area (Å²) >= 11 is 0. The standard InChI is InChI=1S/C19H42NO2/c1-5-6-7-8-9-10-11-12-13-14-15-16-17-20(4,18(2)21)19(3)22/h18-19,21-22H,5-17H2,1-4H3/q+1. The lowest BCUT2D eigenvalue weighted by molar-refractivity contribution is -0.990. The van der Waals surface area contributed by atoms with Crippen LogP contribution in [0.5, 0.6) is 0 Å². The first-order chi connectivity index (χ1) is 10.4. The summed E-state index contributed by atoms with van der Waals surface area (Å²) in [7, 11) is 1.94. The monoisotopic (exact) mass is 316 g/mol. The van der Waals surface area contributed by atoms with Gasteiger partial charge in [-0.2, -0.15) is 0 Å². The fourth-order valence-corrected chi connectivity index (χ4v) is 2.98. The highest BCUT2D eigenvalue weighted by atomic mass is 16.3. The van der Waals surface area contributed by atoms with E-state index in [1.165, 1.54) is 70.6 Å². The van der Waals surface area contributed by atoms with Gasteiger partial charge in [0.15, 0.2) is 12.5 Å². The Morgan fingerprint density at radius 1 is 0.636 bits per heavy atom. The molecule has 0 amide bonds. The highest BCUT2D eigenvalue weighted by molar-refractivity contribution is 4.49. The first-order valence-electron chi connectivity index (χ1n) is 9.66. The highest BCUT2D eigenvalue weighted by Gasteiger charge is 2.31. The van der Waals surface area contributed by atoms with Gasteiger partial charge in [-0.25, -0.2) is 0 Å². The Morgan fingerprint density at radius 3 is 1.27 bits per heavy atom. The molecule has 0 fully saturated rings. The second kappa shape index (κ2) is 13.3. The van der Waals surface area contributed by atoms with Crippen LogP contribution in [-0.4, -0.2) is 40.7 Å². The van der Waals surface area contributed by atoms with Gasteiger partial charge in [0.05, 0.1) is 13.6 Å². The average molecular weight is 317 g/mol. The smallest absolute Gasteiger partial charge is 0.189 e. The first-order valence-corrected chi connectivity index (χ1v) is 9.66. The number of aliphatic hydroxyl groups excluding tert-OH is 2. The maximum atomic E-state index is 9.83. The van der Waals surface area contributed by atoms with Gasteiger partial charge in [0, 0.05) is 13.8 Å². The van der Waals surface area contributed by atoms with Crippen molar-refractivity contribution in [2.75, 3.05) is 13.6 Å². The molecule has 0 radical (unpaired) electrons. The lowest BCUT2D eigenvalue weighted by atomic mass is 10.1. The Morgan fingerprint density at radius 2 is 0.955 bits per heavy atom. The van der Waals surface area contributed by atoms with Crippen molar-refractivity contribution in [3.63, 3.8) is 0 Å². The fraction of sp³-hybridized carbons (Fsp3) is 1.00. The summed E-state index contributed by atoms with van der Waals surface area (Å²) in [5.74, 6) is 0. The predicted octanol–water partition coefficient (Wildman–Crippen LogP) is 4.81. The zero-order chi connectivity index (χ0) is 16.8. The second-order valence-corrected chi connectivity index (χ2v) is 7.22. The number of nitrogens with zero attached hydrogens (tertiary/aromatic N) is 1. The Hall–Kier alpha value is -0.120. The minimum atomic E-state index is -0.507. The normalized spacial score (nSPS) is 17.2. The van der Waals surface area contributed by atoms with Crippen LogP contribution in [-0.2, 0) is 0 Å². The molecule has 0 aliphatic carbocycles. The van der Waals surface area contributed by atoms with Crippen LogP contribution in [0.1, 0.15) is 97.8 Å². The van der Waals surface area contributed by atoms with Gasteiger partial charge in [-0.3, -0.25) is 4.48 Å². The van der Waals surface area contributed by atoms with Crippen LogP contribution in [0.15, 0.2) is 0 Å². The molecular weight excluding hydrogens is 274 g/mol. The number of rotatable bonds is 15. The van der Waals surface area contributed by atoms with Crippen molar-refractivity contribution < 1.29 is 14.7 Å². The largest absolute Gasteiger partial charge is 0.345 e. The molecule has 0 spiro atoms. The van der Waals surface area contributed by atoms with Crippen LogP contribution < -0.4 is 0 Å². The van der Waals surface area contributed by atoms with Crippen LogP contribution in [0, 0.1) is 0 Å². The van der Waals surface area contributed by atoms with Crippen molar-refractivity contribution >= 4 is 0 Å². The Kier molecular flexibility index (Phi) is 13.3. The van der Waals surface area contributed by atoms with Gasteiger partial charge in [-0.1, -0.05) is 71.1 Å². The Bertz CT molecular complexity index is 234. The van der Waals surface area contributed by atoms with E-state index in [9.17, 15) is 10.2 Å². The molecule has 0 aromatic rings. The molecule has 0 aliphatic rings. The van der Waals surface area contributed by atoms with E-state index in [2.05, 4.69) is 6.92 Å². The van der Waals surface area contributed by atoms with Gasteiger partial charge < -0.3 is 10.2 Å². The first kappa shape index (κ1) is 21.9. The Labute approximate surface area is 139 Å². The van der Waals surface area contributed by atoms with E-state index >= 15 is 0 Å². The number of quaternary nitrogens is 1. The van der Waals surface area contributed by atoms with E-state index in [1.807, 2.05) is 7.05 Å². The summed E-state index contributed by atoms with van der Waals surface area (Å²) in [5.41, 5.74) is 0. The molecule has 3 heteroatoms. The number of unbranched alkanes of at least 4 members (excludes halogenated alkanes) is 11. The molecule has 134 valence electrons. The molecule has 22 heavy (non-hydrogen) atoms. The van der Waals surface area contributed by atoms with E-state index in [0.717, 1.165) is 13.0 Å². The topological polar surface area (TPSA) is 40.5 Å². The summed E-state index contributed by atoms with van der Waals surface area (Å²) in [5, 5.41) is 19.7. The maximum Gasteiger partial charge on any atom is 0.189 e. The summed E-state index contributed by atoms with van der Waals surface area (Å²) in [6.07, 6.45) is 15.1. The third kappa shape index (κ3) is 9.81. The van der Waals surface area contributed by atoms with Crippen molar-refractivity contribution in [1.82, 2.24) is 0 Å². The molecule has 2 atom stereocenters. The minimum Gasteiger partial charge on any atom is -0.345 e. The SMILES string of the molecule is CCCCCCCCCCCCCC[N+](C)(C(C)O)C(C)O. The average Bonchev–Trinajstić information content (AvgIpc) is 2.47. The molecule has 0 bridgehead atoms. The van der Waals surface area contributed by atoms with Crippen molar-refractivity contribution in [2.24, 2.45) is 0 Å². The van der Waals surface area contributed by atoms with Gasteiger partial charge in [-0.05, 0) is 12.8 Å². The predicted molar refractivity (Wildman–Crippen MR) is 95.5 cm³/mol. The second-order valence-electron chi connectivity index (χ2n) is 7.22. The summed E-state index contributed by atoms with van der Waals surface area (Å²) in [6.45, 7) is 6.66. The third-order valence-electron chi connectivity index (χ3n) is 5.20. The Balaban J connectivity index is 3.43. The zero-order valence-electron chi connectivity index (χ0n) is 15.7. The zero-order valence-corrected chi connectivity index (χ0v) is 15.7. The molecule has 0 aromatic heterocycles. The minimum absolute atomic E-state index is 0.345. The molecule has 0 aliphatic heterocycles. The van der Waals surface area contributed by atoms with Crippen molar-refractivity contribution in [3.8, 4) is 0 Å². The third-order valence-corrected chi connectivity index (χ3v) is 5.20. The van der Waals surface area contributed by atoms with E-state index in [0.29, 0.717) is 4.48 Å². The molecule has 0 saturated heterocycles. The molecule has 2 N–H and O–H groups in total. The lowest BCUT2D eigenvalue weighted by Crippen LogP contribution is -2.57. The summed E-state index contributed by atoms with van der Waals surface area (Å²) < 4.78 is 0.345. The summed E-state index contributed by atoms with van der Waals surface area (Å²) in [6, 6.07) is 0. The number of aliphatic hydroxyl groups is 2. The lowest BCUT2D eigenvalue weighted by Gasteiger charge is -2.39. The van der Waals surface area contributed by atoms with Gasteiger partial charge in [-0.15, -0.1) is 0 Å². The molecule has 0 saturated carbocycles. The molecule has 2 unspecified atom stereocenters. The molecule has 0 aromatic carbocycles. The molecular formula is C19H42NO2+. The van der Waals surface area contributed by atoms with Gasteiger partial charge >= 0.3 is 0 Å². The van der Waals surface area contributed by atoms with Crippen molar-refractivity contribution in [2.45, 2.75) is 110 Å². The van der Waals surface area contributed by atoms with Crippen molar-refractivity contribution in [1.29, 1.82) is 0 Å². The van der Waals surface area contributed by atoms with Crippen LogP contribution in [0.2, 0.25) is 0 Å². The van der Waals surface area contributed by atoms with Gasteiger partial charge in [0.25, 0.3) is 0 Å². The van der Waals surface area contributed by atoms with Gasteiger partial charge in [0.1, 0.15) is 0 Å². The van der Waals surface area contributed by atoms with E-state index < -0.39 is 12.5 Å². The van der Waals surface area contributed by atoms with Crippen molar-refractivity contribution in [3.05, 3.63) is 0 Å². The fourth-order valence-electron chi connectivity index (χ4n) is 2.98. The van der Waals surface area contributed by atoms with E-state index in [-0.39, 0.29) is 0 Å². The van der Waals surface area contributed by atoms with Crippen LogP contribution >= 0.6 is 0 Å². The number of hydrogen-bond donors (Lipinski definition) is 2. The van der Waals surface area contributed by atoms with E-state index in [1.54, 1.807) is 13.8 Å². The maximum absolute atomic E-state index is 9.83. The number of hydrogen-bond acceptors (Lipinski definition) is 2.